The van der Waals surface area contributed by atoms with Crippen LogP contribution in [0.4, 0.5) is 4.39 Å². The smallest absolute Gasteiger partial charge is 0.223 e. The Kier molecular flexibility index (Phi) is 5.82. The molecular formula is C21H24FNO2. The van der Waals surface area contributed by atoms with Crippen molar-refractivity contribution in [3.8, 4) is 0 Å². The van der Waals surface area contributed by atoms with Crippen molar-refractivity contribution < 1.29 is 14.3 Å². The fraction of sp³-hybridized carbons (Fsp3) is 0.381. The molecule has 3 nitrogen and oxygen atoms in total. The van der Waals surface area contributed by atoms with Gasteiger partial charge >= 0.3 is 0 Å². The summed E-state index contributed by atoms with van der Waals surface area (Å²) in [4.78, 5) is 12.4. The van der Waals surface area contributed by atoms with Gasteiger partial charge in [-0.25, -0.2) is 4.39 Å². The maximum absolute atomic E-state index is 13.4. The molecule has 0 spiro atoms. The Labute approximate surface area is 147 Å². The third kappa shape index (κ3) is 4.45. The van der Waals surface area contributed by atoms with Crippen molar-refractivity contribution in [1.82, 2.24) is 5.32 Å². The van der Waals surface area contributed by atoms with Crippen LogP contribution in [0.15, 0.2) is 48.5 Å². The van der Waals surface area contributed by atoms with E-state index in [4.69, 9.17) is 5.11 Å². The molecule has 0 aromatic heterocycles. The number of nitrogens with one attached hydrogen (secondary N) is 1. The maximum atomic E-state index is 13.4. The molecule has 0 heterocycles. The second kappa shape index (κ2) is 8.26. The molecule has 0 saturated heterocycles. The molecule has 1 aliphatic rings. The van der Waals surface area contributed by atoms with Gasteiger partial charge in [0.25, 0.3) is 0 Å². The number of benzene rings is 2. The number of aliphatic hydroxyl groups excluding tert-OH is 1. The Morgan fingerprint density at radius 3 is 2.48 bits per heavy atom. The number of halogens is 1. The van der Waals surface area contributed by atoms with Crippen LogP contribution in [0.2, 0.25) is 0 Å². The molecular weight excluding hydrogens is 317 g/mol. The van der Waals surface area contributed by atoms with Crippen molar-refractivity contribution in [2.24, 2.45) is 5.92 Å². The average Bonchev–Trinajstić information content (AvgIpc) is 2.68. The number of carbonyl (C=O) groups excluding carboxylic acids is 1. The van der Waals surface area contributed by atoms with Crippen LogP contribution in [-0.2, 0) is 17.9 Å². The lowest BCUT2D eigenvalue weighted by atomic mass is 9.78. The van der Waals surface area contributed by atoms with Gasteiger partial charge in [-0.2, -0.15) is 0 Å². The zero-order chi connectivity index (χ0) is 17.6. The molecule has 1 amide bonds. The fourth-order valence-corrected chi connectivity index (χ4v) is 3.61. The predicted molar refractivity (Wildman–Crippen MR) is 95.3 cm³/mol. The first-order chi connectivity index (χ1) is 12.2. The Balaban J connectivity index is 1.50. The predicted octanol–water partition coefficient (Wildman–Crippen LogP) is 3.91. The van der Waals surface area contributed by atoms with Crippen molar-refractivity contribution in [3.05, 3.63) is 71.0 Å². The van der Waals surface area contributed by atoms with Crippen LogP contribution in [0, 0.1) is 11.7 Å². The molecule has 0 atom stereocenters. The first kappa shape index (κ1) is 17.6. The minimum atomic E-state index is -0.420. The first-order valence-electron chi connectivity index (χ1n) is 8.88. The zero-order valence-corrected chi connectivity index (χ0v) is 14.2. The number of carbonyl (C=O) groups is 1. The lowest BCUT2D eigenvalue weighted by Crippen LogP contribution is -2.32. The van der Waals surface area contributed by atoms with E-state index in [0.29, 0.717) is 12.5 Å². The molecule has 2 aromatic carbocycles. The van der Waals surface area contributed by atoms with Gasteiger partial charge in [0.15, 0.2) is 0 Å². The van der Waals surface area contributed by atoms with Gasteiger partial charge in [0.05, 0.1) is 6.61 Å². The Morgan fingerprint density at radius 1 is 1.08 bits per heavy atom. The summed E-state index contributed by atoms with van der Waals surface area (Å²) < 4.78 is 13.4. The highest BCUT2D eigenvalue weighted by molar-refractivity contribution is 5.78. The highest BCUT2D eigenvalue weighted by Crippen LogP contribution is 2.35. The Bertz CT molecular complexity index is 709. The summed E-state index contributed by atoms with van der Waals surface area (Å²) in [5.74, 6) is 0.255. The van der Waals surface area contributed by atoms with Crippen molar-refractivity contribution in [1.29, 1.82) is 0 Å². The molecule has 1 fully saturated rings. The van der Waals surface area contributed by atoms with E-state index in [-0.39, 0.29) is 24.0 Å². The Morgan fingerprint density at radius 2 is 1.80 bits per heavy atom. The van der Waals surface area contributed by atoms with Crippen molar-refractivity contribution in [3.63, 3.8) is 0 Å². The molecule has 1 saturated carbocycles. The lowest BCUT2D eigenvalue weighted by Gasteiger charge is -2.28. The second-order valence-electron chi connectivity index (χ2n) is 6.76. The van der Waals surface area contributed by atoms with Gasteiger partial charge in [0, 0.05) is 18.0 Å². The van der Waals surface area contributed by atoms with E-state index in [2.05, 4.69) is 29.6 Å². The largest absolute Gasteiger partial charge is 0.392 e. The van der Waals surface area contributed by atoms with Gasteiger partial charge in [-0.3, -0.25) is 4.79 Å². The second-order valence-corrected chi connectivity index (χ2v) is 6.76. The van der Waals surface area contributed by atoms with E-state index < -0.39 is 5.82 Å². The number of amides is 1. The van der Waals surface area contributed by atoms with Crippen LogP contribution in [0.5, 0.6) is 0 Å². The van der Waals surface area contributed by atoms with Gasteiger partial charge in [0.2, 0.25) is 5.91 Å². The molecule has 2 aromatic rings. The van der Waals surface area contributed by atoms with Gasteiger partial charge in [-0.1, -0.05) is 36.4 Å². The van der Waals surface area contributed by atoms with Crippen LogP contribution in [0.25, 0.3) is 0 Å². The lowest BCUT2D eigenvalue weighted by molar-refractivity contribution is -0.126. The quantitative estimate of drug-likeness (QED) is 0.866. The third-order valence-corrected chi connectivity index (χ3v) is 5.12. The van der Waals surface area contributed by atoms with Crippen LogP contribution in [-0.4, -0.2) is 11.0 Å². The monoisotopic (exact) mass is 341 g/mol. The summed E-state index contributed by atoms with van der Waals surface area (Å²) in [6, 6.07) is 15.1. The Hall–Kier alpha value is -2.20. The van der Waals surface area contributed by atoms with Gasteiger partial charge in [-0.15, -0.1) is 0 Å². The van der Waals surface area contributed by atoms with E-state index in [1.165, 1.54) is 11.6 Å². The fourth-order valence-electron chi connectivity index (χ4n) is 3.61. The highest BCUT2D eigenvalue weighted by atomic mass is 19.1. The van der Waals surface area contributed by atoms with Crippen molar-refractivity contribution in [2.45, 2.75) is 44.8 Å². The van der Waals surface area contributed by atoms with Crippen molar-refractivity contribution >= 4 is 5.91 Å². The molecule has 2 N–H and O–H groups in total. The van der Waals surface area contributed by atoms with Crippen LogP contribution in [0.1, 0.15) is 48.3 Å². The number of hydrogen-bond acceptors (Lipinski definition) is 2. The highest BCUT2D eigenvalue weighted by Gasteiger charge is 2.26. The van der Waals surface area contributed by atoms with E-state index in [1.807, 2.05) is 6.07 Å². The van der Waals surface area contributed by atoms with Gasteiger partial charge in [0.1, 0.15) is 5.82 Å². The molecule has 0 aliphatic heterocycles. The summed E-state index contributed by atoms with van der Waals surface area (Å²) in [6.07, 6.45) is 3.87. The summed E-state index contributed by atoms with van der Waals surface area (Å²) >= 11 is 0. The molecule has 25 heavy (non-hydrogen) atoms. The normalized spacial score (nSPS) is 20.2. The van der Waals surface area contributed by atoms with E-state index in [0.717, 1.165) is 31.2 Å². The molecule has 132 valence electrons. The van der Waals surface area contributed by atoms with Crippen LogP contribution >= 0.6 is 0 Å². The standard InChI is InChI=1S/C21H24FNO2/c22-20-11-6-15(12-19(20)14-24)13-23-21(25)18-9-7-17(8-10-18)16-4-2-1-3-5-16/h1-6,11-12,17-18,24H,7-10,13-14H2,(H,23,25). The number of hydrogen-bond donors (Lipinski definition) is 2. The molecule has 0 unspecified atom stereocenters. The molecule has 0 radical (unpaired) electrons. The van der Waals surface area contributed by atoms with Gasteiger partial charge < -0.3 is 10.4 Å². The molecule has 0 bridgehead atoms. The van der Waals surface area contributed by atoms with E-state index in [9.17, 15) is 9.18 Å². The minimum Gasteiger partial charge on any atom is -0.392 e. The first-order valence-corrected chi connectivity index (χ1v) is 8.88. The third-order valence-electron chi connectivity index (χ3n) is 5.12. The average molecular weight is 341 g/mol. The number of aliphatic hydroxyl groups is 1. The van der Waals surface area contributed by atoms with Crippen molar-refractivity contribution in [2.75, 3.05) is 0 Å². The summed E-state index contributed by atoms with van der Waals surface area (Å²) in [5, 5.41) is 12.1. The summed E-state index contributed by atoms with van der Waals surface area (Å²) in [5.41, 5.74) is 2.43. The molecule has 3 rings (SSSR count). The molecule has 1 aliphatic carbocycles. The van der Waals surface area contributed by atoms with E-state index >= 15 is 0 Å². The summed E-state index contributed by atoms with van der Waals surface area (Å²) in [6.45, 7) is 0.0296. The van der Waals surface area contributed by atoms with Crippen LogP contribution < -0.4 is 5.32 Å². The zero-order valence-electron chi connectivity index (χ0n) is 14.2. The van der Waals surface area contributed by atoms with Gasteiger partial charge in [-0.05, 0) is 54.9 Å². The maximum Gasteiger partial charge on any atom is 0.223 e. The summed E-state index contributed by atoms with van der Waals surface area (Å²) in [7, 11) is 0. The van der Waals surface area contributed by atoms with Crippen LogP contribution in [0.3, 0.4) is 0 Å². The topological polar surface area (TPSA) is 49.3 Å². The number of rotatable bonds is 5. The molecule has 4 heteroatoms. The van der Waals surface area contributed by atoms with E-state index in [1.54, 1.807) is 12.1 Å². The minimum absolute atomic E-state index is 0.0534. The SMILES string of the molecule is O=C(NCc1ccc(F)c(CO)c1)C1CCC(c2ccccc2)CC1.